The zero-order valence-electron chi connectivity index (χ0n) is 17.1. The molecule has 6 nitrogen and oxygen atoms in total. The van der Waals surface area contributed by atoms with Crippen LogP contribution in [0, 0.1) is 5.92 Å². The third-order valence-corrected chi connectivity index (χ3v) is 5.58. The van der Waals surface area contributed by atoms with Gasteiger partial charge in [-0.3, -0.25) is 9.78 Å². The Morgan fingerprint density at radius 3 is 2.76 bits per heavy atom. The highest BCUT2D eigenvalue weighted by atomic mass is 16.5. The molecule has 29 heavy (non-hydrogen) atoms. The molecule has 1 fully saturated rings. The molecule has 2 heterocycles. The van der Waals surface area contributed by atoms with E-state index in [-0.39, 0.29) is 5.78 Å². The highest BCUT2D eigenvalue weighted by Crippen LogP contribution is 2.28. The molecule has 0 aliphatic heterocycles. The van der Waals surface area contributed by atoms with Crippen LogP contribution in [-0.2, 0) is 18.3 Å². The molecule has 4 rings (SSSR count). The van der Waals surface area contributed by atoms with Crippen LogP contribution in [0.1, 0.15) is 44.7 Å². The molecular weight excluding hydrogens is 364 g/mol. The Labute approximate surface area is 171 Å². The molecule has 0 bridgehead atoms. The predicted octanol–water partition coefficient (Wildman–Crippen LogP) is 4.88. The summed E-state index contributed by atoms with van der Waals surface area (Å²) < 4.78 is 8.09. The molecule has 1 aromatic carbocycles. The van der Waals surface area contributed by atoms with Gasteiger partial charge in [0.05, 0.1) is 16.7 Å². The number of nitrogens with zero attached hydrogens (tertiary/aromatic N) is 3. The van der Waals surface area contributed by atoms with E-state index in [2.05, 4.69) is 14.9 Å². The Hall–Kier alpha value is -2.89. The van der Waals surface area contributed by atoms with Crippen molar-refractivity contribution in [2.45, 2.75) is 45.4 Å². The summed E-state index contributed by atoms with van der Waals surface area (Å²) in [5.41, 5.74) is 2.67. The van der Waals surface area contributed by atoms with Crippen molar-refractivity contribution >= 4 is 22.8 Å². The van der Waals surface area contributed by atoms with E-state index in [0.717, 1.165) is 35.2 Å². The summed E-state index contributed by atoms with van der Waals surface area (Å²) in [6.07, 6.45) is 8.67. The van der Waals surface area contributed by atoms with Crippen molar-refractivity contribution in [2.75, 3.05) is 11.9 Å². The quantitative estimate of drug-likeness (QED) is 0.620. The van der Waals surface area contributed by atoms with Crippen LogP contribution in [0.15, 0.2) is 36.5 Å². The molecule has 1 aliphatic carbocycles. The van der Waals surface area contributed by atoms with Crippen LogP contribution in [-0.4, -0.2) is 26.9 Å². The lowest BCUT2D eigenvalue weighted by Crippen LogP contribution is -2.18. The molecule has 152 valence electrons. The Morgan fingerprint density at radius 1 is 1.17 bits per heavy atom. The van der Waals surface area contributed by atoms with Gasteiger partial charge in [-0.2, -0.15) is 0 Å². The average molecular weight is 393 g/mol. The topological polar surface area (TPSA) is 69.0 Å². The first kappa shape index (κ1) is 19.4. The minimum Gasteiger partial charge on any atom is -0.457 e. The van der Waals surface area contributed by atoms with Crippen molar-refractivity contribution in [1.29, 1.82) is 0 Å². The van der Waals surface area contributed by atoms with Crippen LogP contribution in [0.25, 0.3) is 11.0 Å². The lowest BCUT2D eigenvalue weighted by Gasteiger charge is -2.21. The fourth-order valence-electron chi connectivity index (χ4n) is 4.04. The van der Waals surface area contributed by atoms with Gasteiger partial charge in [-0.15, -0.1) is 0 Å². The van der Waals surface area contributed by atoms with Gasteiger partial charge in [0.25, 0.3) is 0 Å². The summed E-state index contributed by atoms with van der Waals surface area (Å²) in [6, 6.07) is 9.53. The van der Waals surface area contributed by atoms with E-state index in [1.807, 2.05) is 25.2 Å². The minimum atomic E-state index is 0.0813. The van der Waals surface area contributed by atoms with Crippen LogP contribution in [0.4, 0.5) is 5.95 Å². The zero-order chi connectivity index (χ0) is 20.2. The number of carbonyl (C=O) groups excluding carboxylic acids is 1. The van der Waals surface area contributed by atoms with Crippen molar-refractivity contribution in [2.24, 2.45) is 13.0 Å². The monoisotopic (exact) mass is 392 g/mol. The second-order valence-corrected chi connectivity index (χ2v) is 7.99. The molecule has 0 saturated heterocycles. The summed E-state index contributed by atoms with van der Waals surface area (Å²) >= 11 is 0. The van der Waals surface area contributed by atoms with Gasteiger partial charge in [0.15, 0.2) is 0 Å². The molecule has 0 amide bonds. The largest absolute Gasteiger partial charge is 0.457 e. The number of ether oxygens (including phenoxy) is 1. The highest BCUT2D eigenvalue weighted by molar-refractivity contribution is 5.80. The van der Waals surface area contributed by atoms with Crippen LogP contribution < -0.4 is 10.1 Å². The normalized spacial score (nSPS) is 14.8. The molecule has 0 atom stereocenters. The number of fused-ring (bicyclic) bond motifs is 1. The second-order valence-electron chi connectivity index (χ2n) is 7.99. The van der Waals surface area contributed by atoms with E-state index < -0.39 is 0 Å². The number of ketones is 1. The number of imidazole rings is 1. The van der Waals surface area contributed by atoms with Crippen LogP contribution in [0.3, 0.4) is 0 Å². The minimum absolute atomic E-state index is 0.0813. The molecule has 1 N–H and O–H groups in total. The van der Waals surface area contributed by atoms with Gasteiger partial charge < -0.3 is 14.6 Å². The summed E-state index contributed by atoms with van der Waals surface area (Å²) in [5.74, 6) is 3.11. The van der Waals surface area contributed by atoms with Gasteiger partial charge in [-0.1, -0.05) is 19.3 Å². The molecule has 0 spiro atoms. The fraction of sp³-hybridized carbons (Fsp3) is 0.435. The lowest BCUT2D eigenvalue weighted by molar-refractivity contribution is -0.116. The molecule has 3 aromatic rings. The maximum absolute atomic E-state index is 11.3. The first-order valence-electron chi connectivity index (χ1n) is 10.4. The number of aryl methyl sites for hydroxylation is 1. The molecule has 2 aromatic heterocycles. The van der Waals surface area contributed by atoms with Crippen molar-refractivity contribution in [3.8, 4) is 11.5 Å². The number of pyridine rings is 1. The van der Waals surface area contributed by atoms with E-state index in [9.17, 15) is 4.79 Å². The maximum Gasteiger partial charge on any atom is 0.203 e. The van der Waals surface area contributed by atoms with Crippen LogP contribution in [0.2, 0.25) is 0 Å². The molecular formula is C23H28N4O2. The zero-order valence-corrected chi connectivity index (χ0v) is 17.1. The van der Waals surface area contributed by atoms with Gasteiger partial charge in [-0.05, 0) is 43.9 Å². The van der Waals surface area contributed by atoms with Crippen LogP contribution >= 0.6 is 0 Å². The summed E-state index contributed by atoms with van der Waals surface area (Å²) in [4.78, 5) is 20.3. The number of Topliss-reactive ketones (excluding diaryl/α,β-unsaturated/α-hetero) is 1. The van der Waals surface area contributed by atoms with Crippen LogP contribution in [0.5, 0.6) is 11.5 Å². The van der Waals surface area contributed by atoms with E-state index in [4.69, 9.17) is 9.72 Å². The first-order valence-corrected chi connectivity index (χ1v) is 10.4. The van der Waals surface area contributed by atoms with Crippen molar-refractivity contribution < 1.29 is 9.53 Å². The summed E-state index contributed by atoms with van der Waals surface area (Å²) in [6.45, 7) is 2.54. The number of carbonyl (C=O) groups is 1. The van der Waals surface area contributed by atoms with E-state index in [1.54, 1.807) is 25.3 Å². The van der Waals surface area contributed by atoms with E-state index in [1.165, 1.54) is 32.1 Å². The molecule has 1 aliphatic rings. The SMILES string of the molecule is CC(=O)Cc1cc(Oc2ccc3c(c2)nc(NCC2CCCCC2)n3C)ccn1. The molecule has 0 unspecified atom stereocenters. The van der Waals surface area contributed by atoms with Crippen molar-refractivity contribution in [1.82, 2.24) is 14.5 Å². The molecule has 6 heteroatoms. The van der Waals surface area contributed by atoms with Gasteiger partial charge in [0.1, 0.15) is 17.3 Å². The average Bonchev–Trinajstić information content (AvgIpc) is 3.02. The second kappa shape index (κ2) is 8.64. The number of hydrogen-bond acceptors (Lipinski definition) is 5. The highest BCUT2D eigenvalue weighted by Gasteiger charge is 2.15. The third kappa shape index (κ3) is 4.75. The number of hydrogen-bond donors (Lipinski definition) is 1. The fourth-order valence-corrected chi connectivity index (χ4v) is 4.04. The van der Waals surface area contributed by atoms with Gasteiger partial charge in [-0.25, -0.2) is 4.98 Å². The molecule has 0 radical (unpaired) electrons. The summed E-state index contributed by atoms with van der Waals surface area (Å²) in [5, 5.41) is 3.54. The van der Waals surface area contributed by atoms with Crippen molar-refractivity contribution in [3.05, 3.63) is 42.2 Å². The summed E-state index contributed by atoms with van der Waals surface area (Å²) in [7, 11) is 2.04. The Bertz CT molecular complexity index is 1010. The first-order chi connectivity index (χ1) is 14.1. The Kier molecular flexibility index (Phi) is 5.79. The third-order valence-electron chi connectivity index (χ3n) is 5.58. The number of aromatic nitrogens is 3. The number of rotatable bonds is 7. The number of benzene rings is 1. The smallest absolute Gasteiger partial charge is 0.203 e. The van der Waals surface area contributed by atoms with E-state index >= 15 is 0 Å². The maximum atomic E-state index is 11.3. The molecule has 1 saturated carbocycles. The van der Waals surface area contributed by atoms with E-state index in [0.29, 0.717) is 17.9 Å². The predicted molar refractivity (Wildman–Crippen MR) is 114 cm³/mol. The van der Waals surface area contributed by atoms with Crippen molar-refractivity contribution in [3.63, 3.8) is 0 Å². The van der Waals surface area contributed by atoms with Gasteiger partial charge in [0.2, 0.25) is 5.95 Å². The number of nitrogens with one attached hydrogen (secondary N) is 1. The Balaban J connectivity index is 1.48. The Morgan fingerprint density at radius 2 is 1.97 bits per heavy atom. The standard InChI is InChI=1S/C23H28N4O2/c1-16(28)12-18-13-20(10-11-24-18)29-19-8-9-22-21(14-19)26-23(27(22)2)25-15-17-6-4-3-5-7-17/h8-11,13-14,17H,3-7,12,15H2,1-2H3,(H,25,26). The van der Waals surface area contributed by atoms with Gasteiger partial charge >= 0.3 is 0 Å². The van der Waals surface area contributed by atoms with Gasteiger partial charge in [0, 0.05) is 38.3 Å². The lowest BCUT2D eigenvalue weighted by atomic mass is 9.89. The number of anilines is 1.